The van der Waals surface area contributed by atoms with E-state index in [0.717, 1.165) is 10.0 Å². The monoisotopic (exact) mass is 274 g/mol. The Bertz CT molecular complexity index is 582. The van der Waals surface area contributed by atoms with Gasteiger partial charge in [0.2, 0.25) is 5.78 Å². The molecule has 1 heterocycles. The van der Waals surface area contributed by atoms with Crippen LogP contribution in [0, 0.1) is 6.92 Å². The molecule has 0 aliphatic heterocycles. The van der Waals surface area contributed by atoms with E-state index in [0.29, 0.717) is 11.3 Å². The summed E-state index contributed by atoms with van der Waals surface area (Å²) in [5.41, 5.74) is 1.17. The Labute approximate surface area is 117 Å². The lowest BCUT2D eigenvalue weighted by Gasteiger charge is -2.19. The second-order valence-electron chi connectivity index (χ2n) is 5.49. The maximum absolute atomic E-state index is 12.4. The molecule has 1 N–H and O–H groups in total. The number of carbonyl (C=O) groups excluding carboxylic acids is 1. The van der Waals surface area contributed by atoms with E-state index < -0.39 is 0 Å². The van der Waals surface area contributed by atoms with Gasteiger partial charge in [-0.05, 0) is 27.7 Å². The molecule has 0 atom stereocenters. The van der Waals surface area contributed by atoms with Gasteiger partial charge >= 0.3 is 0 Å². The van der Waals surface area contributed by atoms with Crippen molar-refractivity contribution >= 4 is 22.3 Å². The van der Waals surface area contributed by atoms with Gasteiger partial charge in [-0.1, -0.05) is 30.3 Å². The molecule has 0 amide bonds. The van der Waals surface area contributed by atoms with E-state index >= 15 is 0 Å². The lowest BCUT2D eigenvalue weighted by molar-refractivity contribution is 0.103. The Balaban J connectivity index is 2.29. The van der Waals surface area contributed by atoms with Crippen molar-refractivity contribution < 1.29 is 4.79 Å². The summed E-state index contributed by atoms with van der Waals surface area (Å²) in [6.07, 6.45) is 0. The Kier molecular flexibility index (Phi) is 3.71. The molecule has 0 saturated heterocycles. The minimum atomic E-state index is -0.0582. The van der Waals surface area contributed by atoms with Crippen LogP contribution >= 0.6 is 11.3 Å². The van der Waals surface area contributed by atoms with Gasteiger partial charge in [0, 0.05) is 16.0 Å². The van der Waals surface area contributed by atoms with Crippen molar-refractivity contribution in [2.75, 3.05) is 5.32 Å². The topological polar surface area (TPSA) is 42.0 Å². The highest BCUT2D eigenvalue weighted by molar-refractivity contribution is 7.15. The molecule has 0 aliphatic carbocycles. The molecule has 0 spiro atoms. The highest BCUT2D eigenvalue weighted by Gasteiger charge is 2.19. The Hall–Kier alpha value is -1.68. The molecule has 2 rings (SSSR count). The predicted molar refractivity (Wildman–Crippen MR) is 80.1 cm³/mol. The van der Waals surface area contributed by atoms with E-state index in [1.807, 2.05) is 37.3 Å². The van der Waals surface area contributed by atoms with Crippen LogP contribution in [0.25, 0.3) is 0 Å². The van der Waals surface area contributed by atoms with Crippen molar-refractivity contribution in [2.24, 2.45) is 0 Å². The SMILES string of the molecule is Cc1sc(NC(C)(C)C)nc1C(=O)c1ccccc1. The Morgan fingerprint density at radius 1 is 1.21 bits per heavy atom. The van der Waals surface area contributed by atoms with E-state index in [1.165, 1.54) is 11.3 Å². The number of nitrogens with one attached hydrogen (secondary N) is 1. The third-order valence-electron chi connectivity index (χ3n) is 2.53. The van der Waals surface area contributed by atoms with Crippen molar-refractivity contribution in [3.8, 4) is 0 Å². The highest BCUT2D eigenvalue weighted by Crippen LogP contribution is 2.26. The number of carbonyl (C=O) groups is 1. The Morgan fingerprint density at radius 2 is 1.84 bits per heavy atom. The van der Waals surface area contributed by atoms with Crippen molar-refractivity contribution in [3.63, 3.8) is 0 Å². The summed E-state index contributed by atoms with van der Waals surface area (Å²) in [4.78, 5) is 17.7. The number of hydrogen-bond donors (Lipinski definition) is 1. The van der Waals surface area contributed by atoms with Gasteiger partial charge in [-0.25, -0.2) is 4.98 Å². The molecule has 0 saturated carbocycles. The Morgan fingerprint density at radius 3 is 2.42 bits per heavy atom. The summed E-state index contributed by atoms with van der Waals surface area (Å²) in [6.45, 7) is 8.15. The summed E-state index contributed by atoms with van der Waals surface area (Å²) < 4.78 is 0. The summed E-state index contributed by atoms with van der Waals surface area (Å²) in [6, 6.07) is 9.26. The van der Waals surface area contributed by atoms with Crippen LogP contribution in [0.4, 0.5) is 5.13 Å². The average molecular weight is 274 g/mol. The predicted octanol–water partition coefficient (Wildman–Crippen LogP) is 3.89. The van der Waals surface area contributed by atoms with Gasteiger partial charge in [0.15, 0.2) is 5.13 Å². The quantitative estimate of drug-likeness (QED) is 0.863. The van der Waals surface area contributed by atoms with Crippen LogP contribution in [0.15, 0.2) is 30.3 Å². The molecule has 1 aromatic carbocycles. The van der Waals surface area contributed by atoms with Crippen molar-refractivity contribution in [1.29, 1.82) is 0 Å². The molecule has 19 heavy (non-hydrogen) atoms. The standard InChI is InChI=1S/C15H18N2OS/c1-10-12(13(18)11-8-6-5-7-9-11)16-14(19-10)17-15(2,3)4/h5-9H,1-4H3,(H,16,17). The molecule has 0 radical (unpaired) electrons. The molecule has 0 aliphatic rings. The van der Waals surface area contributed by atoms with E-state index in [9.17, 15) is 4.79 Å². The minimum absolute atomic E-state index is 0.0173. The largest absolute Gasteiger partial charge is 0.357 e. The number of ketones is 1. The minimum Gasteiger partial charge on any atom is -0.357 e. The number of anilines is 1. The van der Waals surface area contributed by atoms with Gasteiger partial charge in [0.25, 0.3) is 0 Å². The molecule has 0 fully saturated rings. The summed E-state index contributed by atoms with van der Waals surface area (Å²) in [5.74, 6) is -0.0173. The first-order chi connectivity index (χ1) is 8.87. The molecule has 0 unspecified atom stereocenters. The lowest BCUT2D eigenvalue weighted by Crippen LogP contribution is -2.25. The fourth-order valence-electron chi connectivity index (χ4n) is 1.71. The number of aryl methyl sites for hydroxylation is 1. The normalized spacial score (nSPS) is 11.4. The average Bonchev–Trinajstić information content (AvgIpc) is 2.68. The number of benzene rings is 1. The van der Waals surface area contributed by atoms with Crippen LogP contribution in [-0.4, -0.2) is 16.3 Å². The second-order valence-corrected chi connectivity index (χ2v) is 6.70. The molecule has 3 nitrogen and oxygen atoms in total. The van der Waals surface area contributed by atoms with E-state index in [4.69, 9.17) is 0 Å². The van der Waals surface area contributed by atoms with Gasteiger partial charge in [0.1, 0.15) is 5.69 Å². The van der Waals surface area contributed by atoms with E-state index in [1.54, 1.807) is 0 Å². The zero-order chi connectivity index (χ0) is 14.0. The molecular weight excluding hydrogens is 256 g/mol. The van der Waals surface area contributed by atoms with Crippen molar-refractivity contribution in [1.82, 2.24) is 4.98 Å². The fourth-order valence-corrected chi connectivity index (χ4v) is 2.73. The molecule has 2 aromatic rings. The van der Waals surface area contributed by atoms with Gasteiger partial charge in [-0.2, -0.15) is 0 Å². The van der Waals surface area contributed by atoms with E-state index in [2.05, 4.69) is 31.1 Å². The molecular formula is C15H18N2OS. The van der Waals surface area contributed by atoms with Crippen LogP contribution < -0.4 is 5.32 Å². The first-order valence-electron chi connectivity index (χ1n) is 6.22. The number of nitrogens with zero attached hydrogens (tertiary/aromatic N) is 1. The van der Waals surface area contributed by atoms with Crippen LogP contribution in [0.1, 0.15) is 41.7 Å². The van der Waals surface area contributed by atoms with Gasteiger partial charge in [-0.15, -0.1) is 11.3 Å². The molecule has 1 aromatic heterocycles. The van der Waals surface area contributed by atoms with Gasteiger partial charge in [-0.3, -0.25) is 4.79 Å². The maximum atomic E-state index is 12.4. The smallest absolute Gasteiger partial charge is 0.212 e. The number of thiazole rings is 1. The summed E-state index contributed by atoms with van der Waals surface area (Å²) in [7, 11) is 0. The van der Waals surface area contributed by atoms with E-state index in [-0.39, 0.29) is 11.3 Å². The zero-order valence-corrected chi connectivity index (χ0v) is 12.5. The number of rotatable bonds is 3. The van der Waals surface area contributed by atoms with Crippen LogP contribution in [0.5, 0.6) is 0 Å². The second kappa shape index (κ2) is 5.13. The zero-order valence-electron chi connectivity index (χ0n) is 11.7. The van der Waals surface area contributed by atoms with Gasteiger partial charge in [0.05, 0.1) is 0 Å². The van der Waals surface area contributed by atoms with Crippen LogP contribution in [-0.2, 0) is 0 Å². The number of aromatic nitrogens is 1. The van der Waals surface area contributed by atoms with Crippen molar-refractivity contribution in [2.45, 2.75) is 33.2 Å². The van der Waals surface area contributed by atoms with Gasteiger partial charge < -0.3 is 5.32 Å². The van der Waals surface area contributed by atoms with Crippen LogP contribution in [0.3, 0.4) is 0 Å². The van der Waals surface area contributed by atoms with Crippen molar-refractivity contribution in [3.05, 3.63) is 46.5 Å². The van der Waals surface area contributed by atoms with Crippen LogP contribution in [0.2, 0.25) is 0 Å². The fraction of sp³-hybridized carbons (Fsp3) is 0.333. The molecule has 0 bridgehead atoms. The summed E-state index contributed by atoms with van der Waals surface area (Å²) >= 11 is 1.52. The first kappa shape index (κ1) is 13.7. The first-order valence-corrected chi connectivity index (χ1v) is 7.04. The highest BCUT2D eigenvalue weighted by atomic mass is 32.1. The number of hydrogen-bond acceptors (Lipinski definition) is 4. The maximum Gasteiger partial charge on any atom is 0.212 e. The lowest BCUT2D eigenvalue weighted by atomic mass is 10.1. The molecule has 4 heteroatoms. The third kappa shape index (κ3) is 3.41. The third-order valence-corrected chi connectivity index (χ3v) is 3.42. The summed E-state index contributed by atoms with van der Waals surface area (Å²) in [5, 5.41) is 4.10. The molecule has 100 valence electrons.